The fourth-order valence-electron chi connectivity index (χ4n) is 6.29. The van der Waals surface area contributed by atoms with E-state index in [1.54, 1.807) is 0 Å². The van der Waals surface area contributed by atoms with Gasteiger partial charge in [-0.05, 0) is 50.7 Å². The molecule has 0 unspecified atom stereocenters. The standard InChI is InChI=1S/C27H34N4O9/c32-22(14-7-8-14)28-15-10-19(26(36)37)30(12-15)24(34)17-4-1-2-5-18(17)25(35)31-13-16(11-20(31)27(38)39)29-23(33)21-6-3-9-40-21/h3,6,9,14-20H,1-2,4-5,7-8,10-13H2,(H,28,32)(H,29,33)(H,36,37)(H,38,39)/p-2/t15-,16-,17-,18+,19-,20-/m0/s1. The lowest BCUT2D eigenvalue weighted by molar-refractivity contribution is -0.312. The first-order valence-electron chi connectivity index (χ1n) is 13.8. The van der Waals surface area contributed by atoms with Crippen LogP contribution in [0.15, 0.2) is 22.8 Å². The third-order valence-electron chi connectivity index (χ3n) is 8.49. The highest BCUT2D eigenvalue weighted by Gasteiger charge is 2.47. The molecular weight excluding hydrogens is 524 g/mol. The third-order valence-corrected chi connectivity index (χ3v) is 8.49. The predicted molar refractivity (Wildman–Crippen MR) is 130 cm³/mol. The number of aliphatic carboxylic acids is 2. The van der Waals surface area contributed by atoms with Crippen LogP contribution in [-0.2, 0) is 24.0 Å². The molecule has 13 nitrogen and oxygen atoms in total. The summed E-state index contributed by atoms with van der Waals surface area (Å²) >= 11 is 0. The molecule has 2 saturated carbocycles. The minimum Gasteiger partial charge on any atom is -0.548 e. The minimum absolute atomic E-state index is 0.000376. The molecule has 216 valence electrons. The molecule has 2 N–H and O–H groups in total. The smallest absolute Gasteiger partial charge is 0.287 e. The van der Waals surface area contributed by atoms with Crippen molar-refractivity contribution in [2.45, 2.75) is 75.5 Å². The molecule has 1 aromatic heterocycles. The van der Waals surface area contributed by atoms with Gasteiger partial charge in [0.1, 0.15) is 0 Å². The number of hydrogen-bond donors (Lipinski definition) is 2. The van der Waals surface area contributed by atoms with Gasteiger partial charge in [-0.15, -0.1) is 0 Å². The molecule has 4 amide bonds. The highest BCUT2D eigenvalue weighted by molar-refractivity contribution is 5.93. The summed E-state index contributed by atoms with van der Waals surface area (Å²) in [7, 11) is 0. The Morgan fingerprint density at radius 2 is 1.30 bits per heavy atom. The van der Waals surface area contributed by atoms with Crippen molar-refractivity contribution in [2.24, 2.45) is 17.8 Å². The van der Waals surface area contributed by atoms with Gasteiger partial charge in [-0.3, -0.25) is 19.2 Å². The molecule has 2 aliphatic heterocycles. The molecule has 1 aromatic rings. The zero-order valence-corrected chi connectivity index (χ0v) is 21.9. The van der Waals surface area contributed by atoms with Crippen molar-refractivity contribution in [1.82, 2.24) is 20.4 Å². The summed E-state index contributed by atoms with van der Waals surface area (Å²) in [6.07, 6.45) is 4.83. The van der Waals surface area contributed by atoms with Gasteiger partial charge in [-0.1, -0.05) is 12.8 Å². The van der Waals surface area contributed by atoms with E-state index in [1.165, 1.54) is 23.3 Å². The van der Waals surface area contributed by atoms with Crippen molar-refractivity contribution in [3.05, 3.63) is 24.2 Å². The highest BCUT2D eigenvalue weighted by Crippen LogP contribution is 2.37. The van der Waals surface area contributed by atoms with Crippen molar-refractivity contribution in [2.75, 3.05) is 13.1 Å². The van der Waals surface area contributed by atoms with Gasteiger partial charge in [0.25, 0.3) is 5.91 Å². The lowest BCUT2D eigenvalue weighted by Crippen LogP contribution is -2.54. The zero-order chi connectivity index (χ0) is 28.6. The van der Waals surface area contributed by atoms with Gasteiger partial charge in [0.15, 0.2) is 5.76 Å². The number of amides is 4. The maximum atomic E-state index is 13.8. The second-order valence-electron chi connectivity index (χ2n) is 11.2. The highest BCUT2D eigenvalue weighted by atomic mass is 16.4. The van der Waals surface area contributed by atoms with Gasteiger partial charge < -0.3 is 44.7 Å². The monoisotopic (exact) mass is 556 g/mol. The Morgan fingerprint density at radius 3 is 1.75 bits per heavy atom. The summed E-state index contributed by atoms with van der Waals surface area (Å²) < 4.78 is 5.07. The molecule has 13 heteroatoms. The van der Waals surface area contributed by atoms with Crippen LogP contribution >= 0.6 is 0 Å². The second-order valence-corrected chi connectivity index (χ2v) is 11.2. The number of hydrogen-bond acceptors (Lipinski definition) is 9. The summed E-state index contributed by atoms with van der Waals surface area (Å²) in [6, 6.07) is -0.730. The normalized spacial score (nSPS) is 30.1. The van der Waals surface area contributed by atoms with E-state index in [4.69, 9.17) is 4.42 Å². The summed E-state index contributed by atoms with van der Waals surface area (Å²) in [5.41, 5.74) is 0. The van der Waals surface area contributed by atoms with Gasteiger partial charge in [-0.2, -0.15) is 0 Å². The number of carbonyl (C=O) groups excluding carboxylic acids is 6. The first-order chi connectivity index (χ1) is 19.1. The molecule has 2 saturated heterocycles. The number of nitrogens with one attached hydrogen (secondary N) is 2. The average molecular weight is 557 g/mol. The van der Waals surface area contributed by atoms with E-state index in [0.29, 0.717) is 25.7 Å². The topological polar surface area (TPSA) is 192 Å². The molecule has 40 heavy (non-hydrogen) atoms. The van der Waals surface area contributed by atoms with Crippen LogP contribution in [0.1, 0.15) is 61.9 Å². The fraction of sp³-hybridized carbons (Fsp3) is 0.630. The summed E-state index contributed by atoms with van der Waals surface area (Å²) in [5.74, 6) is -6.37. The van der Waals surface area contributed by atoms with Crippen molar-refractivity contribution in [3.63, 3.8) is 0 Å². The molecule has 5 rings (SSSR count). The Balaban J connectivity index is 1.29. The number of carbonyl (C=O) groups is 6. The van der Waals surface area contributed by atoms with E-state index in [-0.39, 0.29) is 43.5 Å². The van der Waals surface area contributed by atoms with Crippen molar-refractivity contribution in [3.8, 4) is 0 Å². The molecule has 2 aliphatic carbocycles. The Hall–Kier alpha value is -3.90. The third kappa shape index (κ3) is 5.68. The second kappa shape index (κ2) is 11.3. The number of carboxylic acid groups (broad SMARTS) is 2. The van der Waals surface area contributed by atoms with Crippen LogP contribution in [0.2, 0.25) is 0 Å². The van der Waals surface area contributed by atoms with Crippen LogP contribution in [0.5, 0.6) is 0 Å². The van der Waals surface area contributed by atoms with E-state index in [9.17, 15) is 39.0 Å². The molecule has 6 atom stereocenters. The fourth-order valence-corrected chi connectivity index (χ4v) is 6.29. The lowest BCUT2D eigenvalue weighted by atomic mass is 9.77. The number of likely N-dealkylation sites (tertiary alicyclic amines) is 2. The van der Waals surface area contributed by atoms with E-state index in [0.717, 1.165) is 17.7 Å². The number of furan rings is 1. The van der Waals surface area contributed by atoms with E-state index in [2.05, 4.69) is 10.6 Å². The van der Waals surface area contributed by atoms with Gasteiger partial charge in [-0.25, -0.2) is 0 Å². The van der Waals surface area contributed by atoms with Crippen molar-refractivity contribution < 1.29 is 43.4 Å². The summed E-state index contributed by atoms with van der Waals surface area (Å²) in [6.45, 7) is -0.0817. The first-order valence-corrected chi connectivity index (χ1v) is 13.8. The van der Waals surface area contributed by atoms with Crippen LogP contribution in [0.3, 0.4) is 0 Å². The van der Waals surface area contributed by atoms with Crippen LogP contribution in [0.4, 0.5) is 0 Å². The van der Waals surface area contributed by atoms with Gasteiger partial charge in [0, 0.05) is 42.9 Å². The molecule has 3 heterocycles. The molecular formula is C27H32N4O9-2. The van der Waals surface area contributed by atoms with E-state index < -0.39 is 65.7 Å². The first kappa shape index (κ1) is 27.7. The van der Waals surface area contributed by atoms with Crippen molar-refractivity contribution in [1.29, 1.82) is 0 Å². The Morgan fingerprint density at radius 1 is 0.775 bits per heavy atom. The molecule has 0 radical (unpaired) electrons. The SMILES string of the molecule is O=C(N[C@H]1C[C@@H](C(=O)[O-])N(C(=O)[C@@H]2CCCC[C@@H]2C(=O)N2C[C@@H](NC(=O)C3CC3)C[C@H]2C(=O)[O-])C1)c1ccco1. The molecule has 4 aliphatic rings. The summed E-state index contributed by atoms with van der Waals surface area (Å²) in [4.78, 5) is 78.4. The van der Waals surface area contributed by atoms with E-state index in [1.807, 2.05) is 0 Å². The van der Waals surface area contributed by atoms with Crippen LogP contribution in [-0.4, -0.2) is 82.6 Å². The molecule has 0 aromatic carbocycles. The summed E-state index contributed by atoms with van der Waals surface area (Å²) in [5, 5.41) is 29.4. The maximum Gasteiger partial charge on any atom is 0.287 e. The van der Waals surface area contributed by atoms with Crippen LogP contribution in [0, 0.1) is 17.8 Å². The molecule has 0 bridgehead atoms. The molecule has 4 fully saturated rings. The van der Waals surface area contributed by atoms with E-state index >= 15 is 0 Å². The quantitative estimate of drug-likeness (QED) is 0.357. The minimum atomic E-state index is -1.47. The van der Waals surface area contributed by atoms with Gasteiger partial charge in [0.2, 0.25) is 17.7 Å². The van der Waals surface area contributed by atoms with Crippen molar-refractivity contribution >= 4 is 35.6 Å². The predicted octanol–water partition coefficient (Wildman–Crippen LogP) is -2.22. The maximum absolute atomic E-state index is 13.8. The Kier molecular flexibility index (Phi) is 7.81. The zero-order valence-electron chi connectivity index (χ0n) is 21.9. The number of nitrogens with zero attached hydrogens (tertiary/aromatic N) is 2. The largest absolute Gasteiger partial charge is 0.548 e. The number of rotatable bonds is 8. The Labute approximate surface area is 230 Å². The lowest BCUT2D eigenvalue weighted by Gasteiger charge is -2.37. The Bertz CT molecular complexity index is 1180. The van der Waals surface area contributed by atoms with Gasteiger partial charge in [0.05, 0.1) is 30.3 Å². The average Bonchev–Trinajstić information content (AvgIpc) is 3.29. The van der Waals surface area contributed by atoms with Crippen LogP contribution in [0.25, 0.3) is 0 Å². The van der Waals surface area contributed by atoms with Gasteiger partial charge >= 0.3 is 0 Å². The van der Waals surface area contributed by atoms with Crippen LogP contribution < -0.4 is 20.8 Å². The number of carboxylic acids is 2. The molecule has 0 spiro atoms.